The Labute approximate surface area is 114 Å². The second kappa shape index (κ2) is 7.71. The zero-order valence-corrected chi connectivity index (χ0v) is 10.7. The highest BCUT2D eigenvalue weighted by Crippen LogP contribution is 2.19. The molecule has 0 spiro atoms. The van der Waals surface area contributed by atoms with Crippen LogP contribution in [0.25, 0.3) is 0 Å². The number of anilines is 2. The summed E-state index contributed by atoms with van der Waals surface area (Å²) in [5, 5.41) is 11.1. The maximum atomic E-state index is 13.0. The van der Waals surface area contributed by atoms with Crippen LogP contribution >= 0.6 is 0 Å². The van der Waals surface area contributed by atoms with Gasteiger partial charge in [-0.05, 0) is 18.2 Å². The molecule has 0 radical (unpaired) electrons. The lowest BCUT2D eigenvalue weighted by atomic mass is 10.2. The summed E-state index contributed by atoms with van der Waals surface area (Å²) in [6.07, 6.45) is -2.62. The summed E-state index contributed by atoms with van der Waals surface area (Å²) in [6.45, 7) is -1.38. The SMILES string of the molecule is Nc1ccc(F)cc1NC(=O)CN(CCO)CC(F)F. The number of aliphatic hydroxyl groups is 1. The first kappa shape index (κ1) is 16.3. The summed E-state index contributed by atoms with van der Waals surface area (Å²) in [6, 6.07) is 3.46. The first-order chi connectivity index (χ1) is 9.42. The van der Waals surface area contributed by atoms with E-state index in [1.807, 2.05) is 0 Å². The van der Waals surface area contributed by atoms with Gasteiger partial charge in [-0.1, -0.05) is 0 Å². The third-order valence-electron chi connectivity index (χ3n) is 2.47. The third-order valence-corrected chi connectivity index (χ3v) is 2.47. The molecule has 0 fully saturated rings. The van der Waals surface area contributed by atoms with Gasteiger partial charge in [-0.25, -0.2) is 13.2 Å². The van der Waals surface area contributed by atoms with Crippen LogP contribution in [0.15, 0.2) is 18.2 Å². The van der Waals surface area contributed by atoms with Gasteiger partial charge in [-0.15, -0.1) is 0 Å². The van der Waals surface area contributed by atoms with Gasteiger partial charge in [0.25, 0.3) is 6.43 Å². The van der Waals surface area contributed by atoms with Gasteiger partial charge in [0, 0.05) is 6.54 Å². The van der Waals surface area contributed by atoms with Crippen molar-refractivity contribution in [3.8, 4) is 0 Å². The van der Waals surface area contributed by atoms with Crippen molar-refractivity contribution in [1.82, 2.24) is 4.90 Å². The van der Waals surface area contributed by atoms with E-state index in [2.05, 4.69) is 5.32 Å². The molecular formula is C12H16F3N3O2. The Bertz CT molecular complexity index is 458. The molecule has 0 aromatic heterocycles. The molecule has 0 unspecified atom stereocenters. The molecule has 5 nitrogen and oxygen atoms in total. The summed E-state index contributed by atoms with van der Waals surface area (Å²) in [5.74, 6) is -1.19. The number of carbonyl (C=O) groups is 1. The Hall–Kier alpha value is -1.80. The molecule has 0 aliphatic heterocycles. The van der Waals surface area contributed by atoms with Crippen molar-refractivity contribution < 1.29 is 23.1 Å². The summed E-state index contributed by atoms with van der Waals surface area (Å²) in [5.41, 5.74) is 5.80. The van der Waals surface area contributed by atoms with Gasteiger partial charge in [0.05, 0.1) is 31.1 Å². The zero-order chi connectivity index (χ0) is 15.1. The number of carbonyl (C=O) groups excluding carboxylic acids is 1. The Kier molecular flexibility index (Phi) is 6.26. The Morgan fingerprint density at radius 2 is 2.15 bits per heavy atom. The summed E-state index contributed by atoms with van der Waals surface area (Å²) >= 11 is 0. The Balaban J connectivity index is 2.62. The van der Waals surface area contributed by atoms with Crippen LogP contribution in [0.5, 0.6) is 0 Å². The van der Waals surface area contributed by atoms with Crippen LogP contribution in [0.4, 0.5) is 24.5 Å². The molecule has 4 N–H and O–H groups in total. The largest absolute Gasteiger partial charge is 0.397 e. The lowest BCUT2D eigenvalue weighted by Gasteiger charge is -2.20. The number of alkyl halides is 2. The standard InChI is InChI=1S/C12H16F3N3O2/c13-8-1-2-9(16)10(5-8)17-12(20)7-18(3-4-19)6-11(14)15/h1-2,5,11,19H,3-4,6-7,16H2,(H,17,20). The number of nitrogens with zero attached hydrogens (tertiary/aromatic N) is 1. The van der Waals surface area contributed by atoms with Crippen LogP contribution in [0.1, 0.15) is 0 Å². The summed E-state index contributed by atoms with van der Waals surface area (Å²) < 4.78 is 37.6. The van der Waals surface area contributed by atoms with Gasteiger partial charge in [0.2, 0.25) is 5.91 Å². The number of nitrogen functional groups attached to an aromatic ring is 1. The Morgan fingerprint density at radius 1 is 1.45 bits per heavy atom. The van der Waals surface area contributed by atoms with Crippen molar-refractivity contribution >= 4 is 17.3 Å². The van der Waals surface area contributed by atoms with Gasteiger partial charge in [0.15, 0.2) is 0 Å². The van der Waals surface area contributed by atoms with Crippen LogP contribution in [0.2, 0.25) is 0 Å². The first-order valence-corrected chi connectivity index (χ1v) is 5.88. The quantitative estimate of drug-likeness (QED) is 0.652. The molecule has 0 aliphatic carbocycles. The molecule has 20 heavy (non-hydrogen) atoms. The lowest BCUT2D eigenvalue weighted by Crippen LogP contribution is -2.38. The maximum absolute atomic E-state index is 13.0. The average molecular weight is 291 g/mol. The van der Waals surface area contributed by atoms with E-state index in [0.717, 1.165) is 17.0 Å². The van der Waals surface area contributed by atoms with E-state index in [1.165, 1.54) is 6.07 Å². The molecule has 0 heterocycles. The van der Waals surface area contributed by atoms with E-state index in [4.69, 9.17) is 10.8 Å². The number of hydrogen-bond acceptors (Lipinski definition) is 4. The highest BCUT2D eigenvalue weighted by atomic mass is 19.3. The molecule has 0 atom stereocenters. The van der Waals surface area contributed by atoms with Gasteiger partial charge in [-0.3, -0.25) is 9.69 Å². The number of nitrogens with one attached hydrogen (secondary N) is 1. The van der Waals surface area contributed by atoms with Crippen molar-refractivity contribution in [3.63, 3.8) is 0 Å². The van der Waals surface area contributed by atoms with Gasteiger partial charge in [0.1, 0.15) is 5.82 Å². The lowest BCUT2D eigenvalue weighted by molar-refractivity contribution is -0.117. The van der Waals surface area contributed by atoms with Crippen LogP contribution in [-0.2, 0) is 4.79 Å². The number of amides is 1. The summed E-state index contributed by atoms with van der Waals surface area (Å²) in [7, 11) is 0. The number of aliphatic hydroxyl groups excluding tert-OH is 1. The van der Waals surface area contributed by atoms with Crippen LogP contribution in [-0.4, -0.2) is 48.6 Å². The maximum Gasteiger partial charge on any atom is 0.251 e. The predicted molar refractivity (Wildman–Crippen MR) is 69.0 cm³/mol. The number of nitrogens with two attached hydrogens (primary N) is 1. The molecule has 112 valence electrons. The van der Waals surface area contributed by atoms with E-state index in [9.17, 15) is 18.0 Å². The highest BCUT2D eigenvalue weighted by molar-refractivity contribution is 5.95. The molecule has 0 bridgehead atoms. The molecule has 1 aromatic rings. The topological polar surface area (TPSA) is 78.6 Å². The molecule has 1 amide bonds. The Morgan fingerprint density at radius 3 is 2.75 bits per heavy atom. The van der Waals surface area contributed by atoms with Crippen molar-refractivity contribution in [2.75, 3.05) is 37.3 Å². The van der Waals surface area contributed by atoms with E-state index < -0.39 is 24.7 Å². The summed E-state index contributed by atoms with van der Waals surface area (Å²) in [4.78, 5) is 12.8. The highest BCUT2D eigenvalue weighted by Gasteiger charge is 2.16. The second-order valence-corrected chi connectivity index (χ2v) is 4.13. The van der Waals surface area contributed by atoms with Crippen molar-refractivity contribution in [2.45, 2.75) is 6.43 Å². The van der Waals surface area contributed by atoms with Crippen LogP contribution < -0.4 is 11.1 Å². The average Bonchev–Trinajstić information content (AvgIpc) is 2.33. The van der Waals surface area contributed by atoms with E-state index in [-0.39, 0.29) is 31.1 Å². The van der Waals surface area contributed by atoms with E-state index in [1.54, 1.807) is 0 Å². The van der Waals surface area contributed by atoms with Gasteiger partial charge in [-0.2, -0.15) is 0 Å². The fraction of sp³-hybridized carbons (Fsp3) is 0.417. The second-order valence-electron chi connectivity index (χ2n) is 4.13. The van der Waals surface area contributed by atoms with Crippen LogP contribution in [0.3, 0.4) is 0 Å². The minimum atomic E-state index is -2.62. The molecule has 1 aromatic carbocycles. The van der Waals surface area contributed by atoms with E-state index in [0.29, 0.717) is 0 Å². The minimum Gasteiger partial charge on any atom is -0.397 e. The van der Waals surface area contributed by atoms with E-state index >= 15 is 0 Å². The fourth-order valence-electron chi connectivity index (χ4n) is 1.60. The van der Waals surface area contributed by atoms with Crippen molar-refractivity contribution in [1.29, 1.82) is 0 Å². The number of halogens is 3. The minimum absolute atomic E-state index is 0.0591. The molecule has 1 rings (SSSR count). The molecule has 0 saturated carbocycles. The number of benzene rings is 1. The predicted octanol–water partition coefficient (Wildman–Crippen LogP) is 0.906. The van der Waals surface area contributed by atoms with Gasteiger partial charge < -0.3 is 16.2 Å². The fourth-order valence-corrected chi connectivity index (χ4v) is 1.60. The molecular weight excluding hydrogens is 275 g/mol. The zero-order valence-electron chi connectivity index (χ0n) is 10.7. The smallest absolute Gasteiger partial charge is 0.251 e. The normalized spacial score (nSPS) is 11.1. The first-order valence-electron chi connectivity index (χ1n) is 5.88. The molecule has 0 saturated heterocycles. The van der Waals surface area contributed by atoms with Gasteiger partial charge >= 0.3 is 0 Å². The monoisotopic (exact) mass is 291 g/mol. The number of rotatable bonds is 7. The third kappa shape index (κ3) is 5.45. The number of hydrogen-bond donors (Lipinski definition) is 3. The van der Waals surface area contributed by atoms with Crippen molar-refractivity contribution in [2.24, 2.45) is 0 Å². The van der Waals surface area contributed by atoms with Crippen molar-refractivity contribution in [3.05, 3.63) is 24.0 Å². The molecule has 0 aliphatic rings. The van der Waals surface area contributed by atoms with Crippen LogP contribution in [0, 0.1) is 5.82 Å². The molecule has 8 heteroatoms.